The fourth-order valence-electron chi connectivity index (χ4n) is 6.77. The fourth-order valence-corrected chi connectivity index (χ4v) is 7.49. The largest absolute Gasteiger partial charge is 0.444 e. The van der Waals surface area contributed by atoms with Crippen LogP contribution in [-0.4, -0.2) is 114 Å². The molecule has 1 aliphatic heterocycles. The minimum Gasteiger partial charge on any atom is -0.444 e. The molecule has 1 aromatic carbocycles. The zero-order chi connectivity index (χ0) is 42.2. The molecule has 2 heterocycles. The van der Waals surface area contributed by atoms with Gasteiger partial charge >= 0.3 is 6.09 Å². The van der Waals surface area contributed by atoms with Gasteiger partial charge in [0.15, 0.2) is 0 Å². The molecule has 0 spiro atoms. The second-order valence-electron chi connectivity index (χ2n) is 16.4. The summed E-state index contributed by atoms with van der Waals surface area (Å²) in [5, 5.41) is 13.0. The fraction of sp³-hybridized carbons (Fsp3) is 0.600. The van der Waals surface area contributed by atoms with Gasteiger partial charge in [-0.05, 0) is 101 Å². The maximum absolute atomic E-state index is 14.5. The highest BCUT2D eigenvalue weighted by Gasteiger charge is 2.42. The lowest BCUT2D eigenvalue weighted by Crippen LogP contribution is -2.59. The number of nitrogens with zero attached hydrogens (tertiary/aromatic N) is 4. The van der Waals surface area contributed by atoms with Crippen LogP contribution in [-0.2, 0) is 40.4 Å². The van der Waals surface area contributed by atoms with Gasteiger partial charge in [0.2, 0.25) is 23.6 Å². The number of allylic oxidation sites excluding steroid dienone is 2. The first-order chi connectivity index (χ1) is 26.7. The Hall–Kier alpha value is -4.44. The summed E-state index contributed by atoms with van der Waals surface area (Å²) < 4.78 is 30.7. The molecule has 4 rings (SSSR count). The molecule has 5 amide bonds. The summed E-state index contributed by atoms with van der Waals surface area (Å²) in [5.41, 5.74) is 0.853. The van der Waals surface area contributed by atoms with E-state index in [1.165, 1.54) is 36.3 Å². The summed E-state index contributed by atoms with van der Waals surface area (Å²) in [6, 6.07) is 1.04. The highest BCUT2D eigenvalue weighted by molar-refractivity contribution is 7.89. The highest BCUT2D eigenvalue weighted by atomic mass is 35.5. The quantitative estimate of drug-likeness (QED) is 0.294. The first-order valence-corrected chi connectivity index (χ1v) is 21.7. The molecule has 1 aromatic heterocycles. The number of rotatable bonds is 10. The third-order valence-electron chi connectivity index (χ3n) is 9.90. The summed E-state index contributed by atoms with van der Waals surface area (Å²) in [4.78, 5) is 72.3. The Balaban J connectivity index is 1.67. The van der Waals surface area contributed by atoms with Gasteiger partial charge in [0.25, 0.3) is 10.0 Å². The van der Waals surface area contributed by atoms with Gasteiger partial charge in [-0.1, -0.05) is 43.7 Å². The lowest BCUT2D eigenvalue weighted by Gasteiger charge is -2.34. The molecule has 0 saturated heterocycles. The number of benzene rings is 1. The number of amides is 5. The van der Waals surface area contributed by atoms with E-state index < -0.39 is 69.5 Å². The second-order valence-corrected chi connectivity index (χ2v) is 18.7. The van der Waals surface area contributed by atoms with E-state index in [1.54, 1.807) is 39.0 Å². The van der Waals surface area contributed by atoms with Crippen LogP contribution in [0.1, 0.15) is 85.1 Å². The van der Waals surface area contributed by atoms with Gasteiger partial charge in [-0.3, -0.25) is 19.2 Å². The van der Waals surface area contributed by atoms with Crippen molar-refractivity contribution in [3.05, 3.63) is 53.3 Å². The molecule has 4 atom stereocenters. The molecule has 17 heteroatoms. The Morgan fingerprint density at radius 1 is 1.09 bits per heavy atom. The third kappa shape index (κ3) is 13.0. The SMILES string of the molecule is CC(C)C[C@@H]1NC(=O)[C@@H](N(C)C(=O)[C@@H](NC(=O)OC(C)(C)C)C2CC2)CC/C=C\CCCNC(=O)[C@H](Cc2cc(Cl)ccc2-c2cnn(S(C)(=O)=O)c2)N(C)C1=O. The van der Waals surface area contributed by atoms with Crippen LogP contribution in [0.25, 0.3) is 11.1 Å². The number of alkyl carbamates (subject to hydrolysis) is 1. The van der Waals surface area contributed by atoms with Crippen molar-refractivity contribution in [1.82, 2.24) is 34.9 Å². The number of aromatic nitrogens is 2. The number of hydrogen-bond acceptors (Lipinski definition) is 9. The molecule has 0 radical (unpaired) electrons. The van der Waals surface area contributed by atoms with Crippen LogP contribution >= 0.6 is 11.6 Å². The minimum atomic E-state index is -3.67. The standard InChI is InChI=1S/C40H58ClN7O8S/c1-25(2)20-31-37(51)47(7)33(22-27-21-29(41)17-18-30(27)28-23-43-48(24-28)57(8,54)55)35(49)42-19-13-11-9-10-12-14-32(36(50)44-31)46(6)38(52)34(26-15-16-26)45-39(53)56-40(3,4)5/h9-10,17-18,21,23-26,31-34H,11-16,19-20,22H2,1-8H3,(H,42,49)(H,44,50)(H,45,53)/b10-9-/t31-,32-,33-,34-/m0/s1. The van der Waals surface area contributed by atoms with Crippen molar-refractivity contribution >= 4 is 51.3 Å². The number of carbonyl (C=O) groups excluding carboxylic acids is 5. The van der Waals surface area contributed by atoms with Crippen LogP contribution in [0, 0.1) is 11.8 Å². The maximum Gasteiger partial charge on any atom is 0.408 e. The predicted octanol–water partition coefficient (Wildman–Crippen LogP) is 4.29. The molecule has 2 aromatic rings. The molecule has 1 saturated carbocycles. The minimum absolute atomic E-state index is 0.00331. The van der Waals surface area contributed by atoms with E-state index in [-0.39, 0.29) is 31.1 Å². The van der Waals surface area contributed by atoms with Gasteiger partial charge in [0.1, 0.15) is 29.8 Å². The van der Waals surface area contributed by atoms with Crippen LogP contribution in [0.3, 0.4) is 0 Å². The molecule has 15 nitrogen and oxygen atoms in total. The summed E-state index contributed by atoms with van der Waals surface area (Å²) in [7, 11) is -0.618. The van der Waals surface area contributed by atoms with Gasteiger partial charge in [-0.25, -0.2) is 13.2 Å². The number of ether oxygens (including phenoxy) is 1. The molecule has 1 aliphatic carbocycles. The van der Waals surface area contributed by atoms with E-state index >= 15 is 0 Å². The van der Waals surface area contributed by atoms with Gasteiger partial charge in [0.05, 0.1) is 18.6 Å². The van der Waals surface area contributed by atoms with Crippen molar-refractivity contribution in [2.75, 3.05) is 26.9 Å². The topological polar surface area (TPSA) is 189 Å². The van der Waals surface area contributed by atoms with Crippen molar-refractivity contribution in [2.24, 2.45) is 11.8 Å². The van der Waals surface area contributed by atoms with E-state index in [9.17, 15) is 32.4 Å². The van der Waals surface area contributed by atoms with Crippen molar-refractivity contribution in [3.63, 3.8) is 0 Å². The monoisotopic (exact) mass is 831 g/mol. The van der Waals surface area contributed by atoms with Crippen LogP contribution in [0.2, 0.25) is 5.02 Å². The van der Waals surface area contributed by atoms with Crippen molar-refractivity contribution in [3.8, 4) is 11.1 Å². The summed E-state index contributed by atoms with van der Waals surface area (Å²) in [6.45, 7) is 9.37. The average molecular weight is 832 g/mol. The maximum atomic E-state index is 14.5. The van der Waals surface area contributed by atoms with E-state index in [0.29, 0.717) is 47.5 Å². The van der Waals surface area contributed by atoms with Crippen LogP contribution in [0.15, 0.2) is 42.7 Å². The number of nitrogens with one attached hydrogen (secondary N) is 3. The molecular formula is C40H58ClN7O8S. The molecule has 2 aliphatic rings. The first kappa shape index (κ1) is 45.3. The predicted molar refractivity (Wildman–Crippen MR) is 218 cm³/mol. The zero-order valence-electron chi connectivity index (χ0n) is 34.2. The first-order valence-electron chi connectivity index (χ1n) is 19.5. The smallest absolute Gasteiger partial charge is 0.408 e. The van der Waals surface area contributed by atoms with Crippen molar-refractivity contribution < 1.29 is 37.1 Å². The molecule has 314 valence electrons. The van der Waals surface area contributed by atoms with Crippen LogP contribution in [0.5, 0.6) is 0 Å². The molecule has 57 heavy (non-hydrogen) atoms. The van der Waals surface area contributed by atoms with Gasteiger partial charge in [0, 0.05) is 37.6 Å². The summed E-state index contributed by atoms with van der Waals surface area (Å²) >= 11 is 6.45. The zero-order valence-corrected chi connectivity index (χ0v) is 35.8. The van der Waals surface area contributed by atoms with Crippen LogP contribution < -0.4 is 16.0 Å². The Labute approximate surface area is 341 Å². The number of halogens is 1. The highest BCUT2D eigenvalue weighted by Crippen LogP contribution is 2.34. The van der Waals surface area contributed by atoms with E-state index in [4.69, 9.17) is 16.3 Å². The number of likely N-dealkylation sites (N-methyl/N-ethyl adjacent to an activating group) is 2. The van der Waals surface area contributed by atoms with Gasteiger partial charge < -0.3 is 30.5 Å². The van der Waals surface area contributed by atoms with E-state index in [1.807, 2.05) is 26.0 Å². The average Bonchev–Trinajstić information content (AvgIpc) is 3.83. The number of carbonyl (C=O) groups is 5. The lowest BCUT2D eigenvalue weighted by molar-refractivity contribution is -0.145. The van der Waals surface area contributed by atoms with Crippen molar-refractivity contribution in [1.29, 1.82) is 0 Å². The molecule has 3 N–H and O–H groups in total. The molecule has 1 fully saturated rings. The Morgan fingerprint density at radius 2 is 1.77 bits per heavy atom. The summed E-state index contributed by atoms with van der Waals surface area (Å²) in [5.74, 6) is -2.03. The number of hydrogen-bond donors (Lipinski definition) is 3. The second kappa shape index (κ2) is 19.3. The van der Waals surface area contributed by atoms with Crippen LogP contribution in [0.4, 0.5) is 4.79 Å². The Morgan fingerprint density at radius 3 is 2.39 bits per heavy atom. The van der Waals surface area contributed by atoms with Gasteiger partial charge in [-0.15, -0.1) is 0 Å². The Kier molecular flexibility index (Phi) is 15.4. The Bertz CT molecular complexity index is 1920. The lowest BCUT2D eigenvalue weighted by atomic mass is 9.94. The molecule has 0 unspecified atom stereocenters. The third-order valence-corrected chi connectivity index (χ3v) is 11.0. The molecule has 0 bridgehead atoms. The van der Waals surface area contributed by atoms with Crippen molar-refractivity contribution in [2.45, 2.75) is 116 Å². The molecular weight excluding hydrogens is 774 g/mol. The van der Waals surface area contributed by atoms with E-state index in [2.05, 4.69) is 21.0 Å². The summed E-state index contributed by atoms with van der Waals surface area (Å²) in [6.07, 6.45) is 10.7. The normalized spacial score (nSPS) is 21.7. The van der Waals surface area contributed by atoms with E-state index in [0.717, 1.165) is 23.2 Å². The van der Waals surface area contributed by atoms with Gasteiger partial charge in [-0.2, -0.15) is 9.19 Å².